The van der Waals surface area contributed by atoms with Gasteiger partial charge in [-0.3, -0.25) is 0 Å². The summed E-state index contributed by atoms with van der Waals surface area (Å²) in [6, 6.07) is 14.9. The van der Waals surface area contributed by atoms with Gasteiger partial charge in [-0.2, -0.15) is 0 Å². The Kier molecular flexibility index (Phi) is 7.59. The fraction of sp³-hybridized carbons (Fsp3) is 0.318. The Morgan fingerprint density at radius 3 is 2.50 bits per heavy atom. The van der Waals surface area contributed by atoms with Crippen LogP contribution in [0.2, 0.25) is 0 Å². The lowest BCUT2D eigenvalue weighted by Gasteiger charge is -2.18. The molecular weight excluding hydrogens is 437 g/mol. The fourth-order valence-corrected chi connectivity index (χ4v) is 4.58. The molecule has 0 amide bonds. The lowest BCUT2D eigenvalue weighted by molar-refractivity contribution is 0.293. The average Bonchev–Trinajstić information content (AvgIpc) is 3.09. The van der Waals surface area contributed by atoms with Crippen LogP contribution in [0, 0.1) is 5.82 Å². The summed E-state index contributed by atoms with van der Waals surface area (Å²) >= 11 is 5.21. The Morgan fingerprint density at radius 2 is 1.79 bits per heavy atom. The van der Waals surface area contributed by atoms with Gasteiger partial charge in [0.1, 0.15) is 11.5 Å². The van der Waals surface area contributed by atoms with Crippen LogP contribution in [0.3, 0.4) is 0 Å². The second kappa shape index (κ2) is 10.1. The molecule has 3 rings (SSSR count). The summed E-state index contributed by atoms with van der Waals surface area (Å²) in [4.78, 5) is 7.86. The molecule has 0 saturated heterocycles. The Hall–Kier alpha value is -1.76. The first-order valence-electron chi connectivity index (χ1n) is 9.58. The lowest BCUT2D eigenvalue weighted by Crippen LogP contribution is -2.26. The summed E-state index contributed by atoms with van der Waals surface area (Å²) in [6.45, 7) is 8.34. The van der Waals surface area contributed by atoms with Crippen molar-refractivity contribution in [1.82, 2.24) is 9.47 Å². The maximum Gasteiger partial charge on any atom is 0.190 e. The minimum Gasteiger partial charge on any atom is -0.316 e. The maximum atomic E-state index is 14.1. The Morgan fingerprint density at radius 1 is 1.07 bits per heavy atom. The van der Waals surface area contributed by atoms with Gasteiger partial charge in [-0.1, -0.05) is 60.1 Å². The molecule has 1 aromatic heterocycles. The maximum absolute atomic E-state index is 14.1. The number of para-hydroxylation sites is 1. The van der Waals surface area contributed by atoms with Crippen molar-refractivity contribution in [3.63, 3.8) is 0 Å². The molecule has 0 N–H and O–H groups in total. The molecular formula is C22H25BrFN3S. The van der Waals surface area contributed by atoms with Gasteiger partial charge in [0.25, 0.3) is 0 Å². The largest absolute Gasteiger partial charge is 0.316 e. The van der Waals surface area contributed by atoms with Gasteiger partial charge in [-0.05, 0) is 44.3 Å². The van der Waals surface area contributed by atoms with E-state index in [2.05, 4.69) is 55.7 Å². The first-order chi connectivity index (χ1) is 13.6. The molecule has 1 heterocycles. The predicted octanol–water partition coefficient (Wildman–Crippen LogP) is 6.08. The van der Waals surface area contributed by atoms with E-state index in [1.807, 2.05) is 24.3 Å². The molecule has 148 valence electrons. The van der Waals surface area contributed by atoms with Gasteiger partial charge >= 0.3 is 0 Å². The SMILES string of the molecule is CCN(CC)CCCn1c(-c2ccccc2Br)csc1=Nc1ccccc1F. The molecule has 3 nitrogen and oxygen atoms in total. The van der Waals surface area contributed by atoms with E-state index in [0.717, 1.165) is 53.1 Å². The smallest absolute Gasteiger partial charge is 0.190 e. The van der Waals surface area contributed by atoms with E-state index in [9.17, 15) is 4.39 Å². The second-order valence-corrected chi connectivity index (χ2v) is 8.17. The molecule has 0 aliphatic heterocycles. The van der Waals surface area contributed by atoms with Gasteiger partial charge < -0.3 is 9.47 Å². The quantitative estimate of drug-likeness (QED) is 0.397. The number of thiazole rings is 1. The van der Waals surface area contributed by atoms with Crippen LogP contribution in [0.4, 0.5) is 10.1 Å². The van der Waals surface area contributed by atoms with Gasteiger partial charge in [0.2, 0.25) is 0 Å². The van der Waals surface area contributed by atoms with Crippen LogP contribution in [-0.4, -0.2) is 29.1 Å². The first kappa shape index (κ1) is 21.0. The highest BCUT2D eigenvalue weighted by Crippen LogP contribution is 2.29. The Bertz CT molecular complexity index is 976. The summed E-state index contributed by atoms with van der Waals surface area (Å²) in [5.41, 5.74) is 2.60. The lowest BCUT2D eigenvalue weighted by atomic mass is 10.2. The van der Waals surface area contributed by atoms with E-state index >= 15 is 0 Å². The van der Waals surface area contributed by atoms with Crippen LogP contribution in [0.5, 0.6) is 0 Å². The van der Waals surface area contributed by atoms with E-state index in [0.29, 0.717) is 5.69 Å². The number of benzene rings is 2. The average molecular weight is 462 g/mol. The van der Waals surface area contributed by atoms with Crippen LogP contribution in [0.1, 0.15) is 20.3 Å². The zero-order valence-electron chi connectivity index (χ0n) is 16.2. The van der Waals surface area contributed by atoms with Crippen LogP contribution >= 0.6 is 27.3 Å². The number of aromatic nitrogens is 1. The molecule has 0 atom stereocenters. The molecule has 2 aromatic carbocycles. The summed E-state index contributed by atoms with van der Waals surface area (Å²) in [5, 5.41) is 2.11. The number of hydrogen-bond donors (Lipinski definition) is 0. The first-order valence-corrected chi connectivity index (χ1v) is 11.3. The fourth-order valence-electron chi connectivity index (χ4n) is 3.16. The van der Waals surface area contributed by atoms with Crippen LogP contribution in [0.25, 0.3) is 11.3 Å². The molecule has 0 bridgehead atoms. The van der Waals surface area contributed by atoms with Gasteiger partial charge in [0, 0.05) is 22.0 Å². The van der Waals surface area contributed by atoms with E-state index in [1.54, 1.807) is 23.5 Å². The zero-order valence-corrected chi connectivity index (χ0v) is 18.6. The van der Waals surface area contributed by atoms with E-state index in [1.165, 1.54) is 6.07 Å². The number of hydrogen-bond acceptors (Lipinski definition) is 3. The van der Waals surface area contributed by atoms with Crippen LogP contribution < -0.4 is 4.80 Å². The summed E-state index contributed by atoms with van der Waals surface area (Å²) in [7, 11) is 0. The molecule has 0 radical (unpaired) electrons. The van der Waals surface area contributed by atoms with Crippen molar-refractivity contribution in [3.05, 3.63) is 69.0 Å². The van der Waals surface area contributed by atoms with Crippen molar-refractivity contribution in [2.75, 3.05) is 19.6 Å². The third kappa shape index (κ3) is 4.99. The van der Waals surface area contributed by atoms with Gasteiger partial charge in [0.05, 0.1) is 5.69 Å². The third-order valence-electron chi connectivity index (χ3n) is 4.77. The van der Waals surface area contributed by atoms with E-state index < -0.39 is 0 Å². The van der Waals surface area contributed by atoms with Gasteiger partial charge in [0.15, 0.2) is 4.80 Å². The highest BCUT2D eigenvalue weighted by atomic mass is 79.9. The van der Waals surface area contributed by atoms with Crippen LogP contribution in [0.15, 0.2) is 63.4 Å². The Balaban J connectivity index is 2.01. The zero-order chi connectivity index (χ0) is 19.9. The number of rotatable bonds is 8. The topological polar surface area (TPSA) is 20.5 Å². The summed E-state index contributed by atoms with van der Waals surface area (Å²) in [5.74, 6) is -0.298. The van der Waals surface area contributed by atoms with Gasteiger partial charge in [-0.25, -0.2) is 9.38 Å². The molecule has 0 spiro atoms. The summed E-state index contributed by atoms with van der Waals surface area (Å²) < 4.78 is 17.4. The minimum absolute atomic E-state index is 0.298. The highest BCUT2D eigenvalue weighted by molar-refractivity contribution is 9.10. The monoisotopic (exact) mass is 461 g/mol. The minimum atomic E-state index is -0.298. The number of nitrogens with zero attached hydrogens (tertiary/aromatic N) is 3. The molecule has 0 fully saturated rings. The number of halogens is 2. The van der Waals surface area contributed by atoms with Crippen LogP contribution in [-0.2, 0) is 6.54 Å². The van der Waals surface area contributed by atoms with Crippen molar-refractivity contribution in [1.29, 1.82) is 0 Å². The summed E-state index contributed by atoms with van der Waals surface area (Å²) in [6.07, 6.45) is 1.01. The third-order valence-corrected chi connectivity index (χ3v) is 6.32. The molecule has 0 aliphatic carbocycles. The van der Waals surface area contributed by atoms with Crippen molar-refractivity contribution in [3.8, 4) is 11.3 Å². The normalized spacial score (nSPS) is 12.1. The standard InChI is InChI=1S/C22H25BrFN3S/c1-3-26(4-2)14-9-15-27-21(17-10-5-6-11-18(17)23)16-28-22(27)25-20-13-8-7-12-19(20)24/h5-8,10-13,16H,3-4,9,14-15H2,1-2H3. The molecule has 3 aromatic rings. The van der Waals surface area contributed by atoms with Crippen molar-refractivity contribution >= 4 is 33.0 Å². The predicted molar refractivity (Wildman–Crippen MR) is 119 cm³/mol. The van der Waals surface area contributed by atoms with Crippen molar-refractivity contribution in [2.45, 2.75) is 26.8 Å². The highest BCUT2D eigenvalue weighted by Gasteiger charge is 2.12. The molecule has 0 saturated carbocycles. The molecule has 6 heteroatoms. The van der Waals surface area contributed by atoms with Crippen molar-refractivity contribution < 1.29 is 4.39 Å². The molecule has 0 unspecified atom stereocenters. The molecule has 28 heavy (non-hydrogen) atoms. The van der Waals surface area contributed by atoms with E-state index in [-0.39, 0.29) is 5.82 Å². The second-order valence-electron chi connectivity index (χ2n) is 6.48. The van der Waals surface area contributed by atoms with Gasteiger partial charge in [-0.15, -0.1) is 11.3 Å². The Labute approximate surface area is 178 Å². The van der Waals surface area contributed by atoms with E-state index in [4.69, 9.17) is 0 Å². The van der Waals surface area contributed by atoms with Crippen molar-refractivity contribution in [2.24, 2.45) is 4.99 Å². The molecule has 0 aliphatic rings.